The number of carbonyl (C=O) groups is 4. The van der Waals surface area contributed by atoms with E-state index in [9.17, 15) is 29.4 Å². The van der Waals surface area contributed by atoms with Crippen molar-refractivity contribution in [3.8, 4) is 0 Å². The third kappa shape index (κ3) is 13.8. The van der Waals surface area contributed by atoms with Crippen LogP contribution in [0.1, 0.15) is 25.3 Å². The second-order valence-electron chi connectivity index (χ2n) is 6.78. The van der Waals surface area contributed by atoms with Crippen LogP contribution < -0.4 is 84.9 Å². The summed E-state index contributed by atoms with van der Waals surface area (Å²) in [6.45, 7) is 2.45. The zero-order valence-corrected chi connectivity index (χ0v) is 24.6. The number of hydrogen-bond donors (Lipinski definition) is 2. The Morgan fingerprint density at radius 1 is 0.939 bits per heavy atom. The number of benzene rings is 1. The van der Waals surface area contributed by atoms with Crippen LogP contribution in [0, 0.1) is 0 Å². The van der Waals surface area contributed by atoms with Gasteiger partial charge in [-0.15, -0.1) is 23.2 Å². The van der Waals surface area contributed by atoms with Crippen molar-refractivity contribution in [2.24, 2.45) is 0 Å². The van der Waals surface area contributed by atoms with Crippen LogP contribution in [-0.4, -0.2) is 60.7 Å². The smallest absolute Gasteiger partial charge is 0.550 e. The number of halogens is 2. The summed E-state index contributed by atoms with van der Waals surface area (Å²) < 4.78 is 0. The van der Waals surface area contributed by atoms with E-state index in [1.165, 1.54) is 6.92 Å². The molecule has 1 aromatic carbocycles. The Bertz CT molecular complexity index is 765. The van der Waals surface area contributed by atoms with Gasteiger partial charge < -0.3 is 35.3 Å². The molecular formula is C20H25Cl2N3Na2O6. The van der Waals surface area contributed by atoms with Crippen molar-refractivity contribution in [3.05, 3.63) is 29.8 Å². The van der Waals surface area contributed by atoms with Gasteiger partial charge in [-0.05, 0) is 30.5 Å². The zero-order valence-electron chi connectivity index (χ0n) is 19.1. The van der Waals surface area contributed by atoms with Crippen molar-refractivity contribution in [2.45, 2.75) is 38.3 Å². The van der Waals surface area contributed by atoms with Crippen LogP contribution in [0.15, 0.2) is 24.3 Å². The van der Waals surface area contributed by atoms with E-state index in [1.807, 2.05) is 17.0 Å². The number of aliphatic carboxylic acids is 2. The second kappa shape index (κ2) is 18.8. The normalized spacial score (nSPS) is 11.7. The molecule has 0 aliphatic rings. The summed E-state index contributed by atoms with van der Waals surface area (Å²) in [6.07, 6.45) is -0.863. The first-order valence-electron chi connectivity index (χ1n) is 9.62. The number of amides is 2. The van der Waals surface area contributed by atoms with E-state index in [1.54, 1.807) is 12.1 Å². The number of hydrogen-bond acceptors (Lipinski definition) is 7. The molecule has 0 fully saturated rings. The van der Waals surface area contributed by atoms with Gasteiger partial charge in [0.25, 0.3) is 0 Å². The molecule has 2 amide bonds. The molecule has 0 saturated carbocycles. The van der Waals surface area contributed by atoms with Gasteiger partial charge in [-0.1, -0.05) is 12.1 Å². The van der Waals surface area contributed by atoms with E-state index in [0.717, 1.165) is 5.69 Å². The fourth-order valence-electron chi connectivity index (χ4n) is 2.89. The van der Waals surface area contributed by atoms with E-state index < -0.39 is 48.7 Å². The molecule has 1 rings (SSSR count). The van der Waals surface area contributed by atoms with E-state index >= 15 is 0 Å². The predicted octanol–water partition coefficient (Wildman–Crippen LogP) is -7.21. The van der Waals surface area contributed by atoms with Crippen molar-refractivity contribution >= 4 is 52.6 Å². The molecule has 9 nitrogen and oxygen atoms in total. The van der Waals surface area contributed by atoms with Gasteiger partial charge in [0.2, 0.25) is 11.8 Å². The monoisotopic (exact) mass is 519 g/mol. The van der Waals surface area contributed by atoms with Crippen molar-refractivity contribution in [1.82, 2.24) is 10.6 Å². The predicted molar refractivity (Wildman–Crippen MR) is 113 cm³/mol. The van der Waals surface area contributed by atoms with E-state index in [-0.39, 0.29) is 65.5 Å². The molecule has 0 aliphatic carbocycles. The van der Waals surface area contributed by atoms with Crippen molar-refractivity contribution in [2.75, 3.05) is 29.7 Å². The summed E-state index contributed by atoms with van der Waals surface area (Å²) in [4.78, 5) is 47.9. The van der Waals surface area contributed by atoms with Crippen LogP contribution >= 0.6 is 23.2 Å². The number of nitrogens with zero attached hydrogens (tertiary/aromatic N) is 1. The SMILES string of the molecule is CC(=O)NC(Cc1ccc(N(CCCl)CCCl)cc1)C(=O)NC(CCC(=O)[O-])C(=O)[O-].[Na+].[Na+]. The standard InChI is InChI=1S/C20H27Cl2N3O6.2Na/c1-13(26)23-17(19(29)24-16(20(30)31)6-7-18(27)28)12-14-2-4-15(5-3-14)25(10-8-21)11-9-22;;/h2-5,16-17H,6-12H2,1H3,(H,23,26)(H,24,29)(H,27,28)(H,30,31);;/q;2*+1/p-2. The molecule has 0 spiro atoms. The maximum absolute atomic E-state index is 12.6. The molecule has 13 heteroatoms. The average molecular weight is 520 g/mol. The van der Waals surface area contributed by atoms with Crippen molar-refractivity contribution in [1.29, 1.82) is 0 Å². The van der Waals surface area contributed by atoms with Gasteiger partial charge in [0, 0.05) is 49.9 Å². The number of nitrogens with one attached hydrogen (secondary N) is 2. The molecule has 172 valence electrons. The van der Waals surface area contributed by atoms with Gasteiger partial charge in [-0.3, -0.25) is 9.59 Å². The Labute approximate surface area is 247 Å². The fourth-order valence-corrected chi connectivity index (χ4v) is 3.30. The van der Waals surface area contributed by atoms with Gasteiger partial charge in [0.1, 0.15) is 6.04 Å². The summed E-state index contributed by atoms with van der Waals surface area (Å²) in [5.41, 5.74) is 1.61. The number of carboxylic acids is 2. The first-order valence-corrected chi connectivity index (χ1v) is 10.7. The van der Waals surface area contributed by atoms with Crippen LogP contribution in [0.3, 0.4) is 0 Å². The van der Waals surface area contributed by atoms with Crippen molar-refractivity contribution in [3.63, 3.8) is 0 Å². The molecule has 1 aromatic rings. The van der Waals surface area contributed by atoms with Crippen LogP contribution in [0.5, 0.6) is 0 Å². The topological polar surface area (TPSA) is 142 Å². The number of rotatable bonds is 14. The summed E-state index contributed by atoms with van der Waals surface area (Å²) in [6, 6.07) is 4.64. The molecule has 0 aromatic heterocycles. The fraction of sp³-hybridized carbons (Fsp3) is 0.500. The minimum atomic E-state index is -1.63. The molecule has 0 saturated heterocycles. The van der Waals surface area contributed by atoms with Gasteiger partial charge in [0.15, 0.2) is 0 Å². The molecule has 0 aliphatic heterocycles. The molecule has 0 radical (unpaired) electrons. The quantitative estimate of drug-likeness (QED) is 0.184. The molecule has 2 atom stereocenters. The summed E-state index contributed by atoms with van der Waals surface area (Å²) in [7, 11) is 0. The average Bonchev–Trinajstić information content (AvgIpc) is 2.70. The minimum absolute atomic E-state index is 0. The summed E-state index contributed by atoms with van der Waals surface area (Å²) >= 11 is 11.6. The number of alkyl halides is 2. The Hall–Kier alpha value is -0.520. The van der Waals surface area contributed by atoms with Crippen molar-refractivity contribution < 1.29 is 88.5 Å². The van der Waals surface area contributed by atoms with Gasteiger partial charge in [-0.2, -0.15) is 0 Å². The first-order chi connectivity index (χ1) is 14.7. The maximum atomic E-state index is 12.6. The van der Waals surface area contributed by atoms with E-state index in [2.05, 4.69) is 10.6 Å². The molecule has 0 bridgehead atoms. The van der Waals surface area contributed by atoms with Gasteiger partial charge >= 0.3 is 59.1 Å². The third-order valence-electron chi connectivity index (χ3n) is 4.38. The third-order valence-corrected chi connectivity index (χ3v) is 4.72. The zero-order chi connectivity index (χ0) is 23.4. The summed E-state index contributed by atoms with van der Waals surface area (Å²) in [5, 5.41) is 26.5. The molecule has 2 N–H and O–H groups in total. The van der Waals surface area contributed by atoms with Crippen LogP contribution in [-0.2, 0) is 25.6 Å². The van der Waals surface area contributed by atoms with Gasteiger partial charge in [0.05, 0.1) is 12.0 Å². The Kier molecular flexibility index (Phi) is 19.7. The molecule has 0 heterocycles. The van der Waals surface area contributed by atoms with Crippen LogP contribution in [0.25, 0.3) is 0 Å². The Balaban J connectivity index is 0. The van der Waals surface area contributed by atoms with Gasteiger partial charge in [-0.25, -0.2) is 0 Å². The van der Waals surface area contributed by atoms with E-state index in [0.29, 0.717) is 30.4 Å². The Morgan fingerprint density at radius 3 is 1.91 bits per heavy atom. The largest absolute Gasteiger partial charge is 1.00 e. The molecule has 2 unspecified atom stereocenters. The molecular weight excluding hydrogens is 495 g/mol. The number of anilines is 1. The number of carboxylic acid groups (broad SMARTS) is 2. The minimum Gasteiger partial charge on any atom is -0.550 e. The summed E-state index contributed by atoms with van der Waals surface area (Å²) in [5.74, 6) is -3.46. The van der Waals surface area contributed by atoms with Crippen LogP contribution in [0.2, 0.25) is 0 Å². The first kappa shape index (κ1) is 34.6. The Morgan fingerprint density at radius 2 is 1.48 bits per heavy atom. The number of carbonyl (C=O) groups excluding carboxylic acids is 4. The maximum Gasteiger partial charge on any atom is 1.00 e. The second-order valence-corrected chi connectivity index (χ2v) is 7.54. The van der Waals surface area contributed by atoms with E-state index in [4.69, 9.17) is 23.2 Å². The molecule has 33 heavy (non-hydrogen) atoms. The van der Waals surface area contributed by atoms with Crippen LogP contribution in [0.4, 0.5) is 5.69 Å².